The Hall–Kier alpha value is -3.81. The van der Waals surface area contributed by atoms with Crippen LogP contribution in [0.25, 0.3) is 0 Å². The van der Waals surface area contributed by atoms with Gasteiger partial charge in [0, 0.05) is 30.6 Å². The van der Waals surface area contributed by atoms with Gasteiger partial charge in [-0.1, -0.05) is 45.0 Å². The van der Waals surface area contributed by atoms with Crippen LogP contribution >= 0.6 is 0 Å². The molecule has 0 radical (unpaired) electrons. The van der Waals surface area contributed by atoms with Gasteiger partial charge in [-0.3, -0.25) is 29.3 Å². The van der Waals surface area contributed by atoms with E-state index < -0.39 is 23.6 Å². The van der Waals surface area contributed by atoms with Crippen LogP contribution in [0.4, 0.5) is 0 Å². The van der Waals surface area contributed by atoms with E-state index in [4.69, 9.17) is 0 Å². The lowest BCUT2D eigenvalue weighted by Crippen LogP contribution is -2.52. The summed E-state index contributed by atoms with van der Waals surface area (Å²) in [6, 6.07) is 8.38. The molecule has 1 saturated heterocycles. The standard InChI is InChI=1S/C28H31N3O5/c1-15-11-18(28(3,4)5)12-16(2)23(15)24(33)26(35)29-13-17-7-6-8-19-20(17)14-31(27(19)36)21-9-10-22(32)30-25(21)34/h6-8,11-12,21H,9-10,13-14H2,1-5H3,(H,29,35)(H,30,32,34). The number of piperidine rings is 1. The molecule has 36 heavy (non-hydrogen) atoms. The smallest absolute Gasteiger partial charge is 0.292 e. The van der Waals surface area contributed by atoms with Crippen molar-refractivity contribution in [3.8, 4) is 0 Å². The molecule has 4 rings (SSSR count). The Labute approximate surface area is 210 Å². The fraction of sp³-hybridized carbons (Fsp3) is 0.393. The minimum Gasteiger partial charge on any atom is -0.345 e. The van der Waals surface area contributed by atoms with Gasteiger partial charge in [-0.05, 0) is 59.6 Å². The van der Waals surface area contributed by atoms with E-state index in [0.29, 0.717) is 22.3 Å². The van der Waals surface area contributed by atoms with Gasteiger partial charge in [0.15, 0.2) is 0 Å². The summed E-state index contributed by atoms with van der Waals surface area (Å²) in [4.78, 5) is 64.1. The first kappa shape index (κ1) is 25.3. The number of rotatable bonds is 5. The molecule has 2 aromatic rings. The number of carbonyl (C=O) groups is 5. The van der Waals surface area contributed by atoms with Gasteiger partial charge < -0.3 is 10.2 Å². The van der Waals surface area contributed by atoms with Gasteiger partial charge in [0.2, 0.25) is 11.8 Å². The van der Waals surface area contributed by atoms with Crippen LogP contribution in [0.3, 0.4) is 0 Å². The number of benzene rings is 2. The van der Waals surface area contributed by atoms with Crippen LogP contribution in [0.2, 0.25) is 0 Å². The molecule has 0 spiro atoms. The number of nitrogens with one attached hydrogen (secondary N) is 2. The second-order valence-electron chi connectivity index (χ2n) is 10.6. The highest BCUT2D eigenvalue weighted by molar-refractivity contribution is 6.43. The zero-order valence-corrected chi connectivity index (χ0v) is 21.3. The summed E-state index contributed by atoms with van der Waals surface area (Å²) in [6.45, 7) is 10.2. The normalized spacial score (nSPS) is 17.6. The third kappa shape index (κ3) is 4.67. The van der Waals surface area contributed by atoms with Crippen molar-refractivity contribution in [2.45, 2.75) is 72.0 Å². The van der Waals surface area contributed by atoms with Gasteiger partial charge in [0.25, 0.3) is 17.6 Å². The second kappa shape index (κ2) is 9.33. The molecular formula is C28H31N3O5. The first-order chi connectivity index (χ1) is 16.9. The molecule has 1 atom stereocenters. The Balaban J connectivity index is 1.49. The third-order valence-corrected chi connectivity index (χ3v) is 6.95. The van der Waals surface area contributed by atoms with Crippen LogP contribution < -0.4 is 10.6 Å². The average Bonchev–Trinajstić information content (AvgIpc) is 3.13. The quantitative estimate of drug-likeness (QED) is 0.381. The number of carbonyl (C=O) groups excluding carboxylic acids is 5. The number of fused-ring (bicyclic) bond motifs is 1. The Morgan fingerprint density at radius 1 is 1.08 bits per heavy atom. The van der Waals surface area contributed by atoms with Crippen molar-refractivity contribution in [3.05, 3.63) is 69.3 Å². The number of hydrogen-bond donors (Lipinski definition) is 2. The maximum Gasteiger partial charge on any atom is 0.292 e. The first-order valence-corrected chi connectivity index (χ1v) is 12.1. The number of aryl methyl sites for hydroxylation is 2. The van der Waals surface area contributed by atoms with Gasteiger partial charge in [0.1, 0.15) is 6.04 Å². The van der Waals surface area contributed by atoms with Crippen molar-refractivity contribution in [1.29, 1.82) is 0 Å². The van der Waals surface area contributed by atoms with E-state index in [-0.39, 0.29) is 43.2 Å². The Kier molecular flexibility index (Phi) is 6.56. The van der Waals surface area contributed by atoms with Gasteiger partial charge >= 0.3 is 0 Å². The molecular weight excluding hydrogens is 458 g/mol. The van der Waals surface area contributed by atoms with Gasteiger partial charge in [0.05, 0.1) is 0 Å². The Morgan fingerprint density at radius 3 is 2.36 bits per heavy atom. The SMILES string of the molecule is Cc1cc(C(C)(C)C)cc(C)c1C(=O)C(=O)NCc1cccc2c1CN(C1CCC(=O)NC1=O)C2=O. The maximum absolute atomic E-state index is 13.0. The largest absolute Gasteiger partial charge is 0.345 e. The molecule has 0 aliphatic carbocycles. The van der Waals surface area contributed by atoms with Crippen molar-refractivity contribution < 1.29 is 24.0 Å². The van der Waals surface area contributed by atoms with Crippen LogP contribution in [0.15, 0.2) is 30.3 Å². The fourth-order valence-corrected chi connectivity index (χ4v) is 4.94. The topological polar surface area (TPSA) is 113 Å². The lowest BCUT2D eigenvalue weighted by atomic mass is 9.83. The number of imide groups is 1. The molecule has 1 fully saturated rings. The van der Waals surface area contributed by atoms with Crippen LogP contribution in [0, 0.1) is 13.8 Å². The van der Waals surface area contributed by atoms with E-state index in [1.54, 1.807) is 18.2 Å². The second-order valence-corrected chi connectivity index (χ2v) is 10.6. The van der Waals surface area contributed by atoms with E-state index in [2.05, 4.69) is 31.4 Å². The van der Waals surface area contributed by atoms with Gasteiger partial charge in [-0.2, -0.15) is 0 Å². The molecule has 8 heteroatoms. The van der Waals surface area contributed by atoms with Crippen molar-refractivity contribution in [2.75, 3.05) is 0 Å². The Morgan fingerprint density at radius 2 is 1.75 bits per heavy atom. The maximum atomic E-state index is 13.0. The molecule has 0 aromatic heterocycles. The summed E-state index contributed by atoms with van der Waals surface area (Å²) in [5.41, 5.74) is 4.80. The lowest BCUT2D eigenvalue weighted by molar-refractivity contribution is -0.136. The summed E-state index contributed by atoms with van der Waals surface area (Å²) in [5.74, 6) is -2.41. The van der Waals surface area contributed by atoms with Crippen LogP contribution in [-0.2, 0) is 32.9 Å². The number of amides is 4. The number of hydrogen-bond acceptors (Lipinski definition) is 5. The van der Waals surface area contributed by atoms with E-state index in [1.807, 2.05) is 26.0 Å². The van der Waals surface area contributed by atoms with Crippen LogP contribution in [0.1, 0.15) is 82.1 Å². The monoisotopic (exact) mass is 489 g/mol. The molecule has 2 aliphatic heterocycles. The first-order valence-electron chi connectivity index (χ1n) is 12.1. The molecule has 2 heterocycles. The van der Waals surface area contributed by atoms with E-state index in [1.165, 1.54) is 4.90 Å². The van der Waals surface area contributed by atoms with E-state index in [0.717, 1.165) is 16.7 Å². The predicted molar refractivity (Wildman–Crippen MR) is 133 cm³/mol. The van der Waals surface area contributed by atoms with E-state index in [9.17, 15) is 24.0 Å². The molecule has 2 aromatic carbocycles. The summed E-state index contributed by atoms with van der Waals surface area (Å²) in [6.07, 6.45) is 0.453. The highest BCUT2D eigenvalue weighted by Gasteiger charge is 2.39. The third-order valence-electron chi connectivity index (χ3n) is 6.95. The molecule has 188 valence electrons. The minimum absolute atomic E-state index is 0.0718. The zero-order chi connectivity index (χ0) is 26.4. The van der Waals surface area contributed by atoms with Crippen LogP contribution in [-0.4, -0.2) is 40.4 Å². The molecule has 1 unspecified atom stereocenters. The lowest BCUT2D eigenvalue weighted by Gasteiger charge is -2.29. The van der Waals surface area contributed by atoms with Gasteiger partial charge in [-0.15, -0.1) is 0 Å². The predicted octanol–water partition coefficient (Wildman–Crippen LogP) is 2.86. The van der Waals surface area contributed by atoms with Crippen molar-refractivity contribution in [3.63, 3.8) is 0 Å². The fourth-order valence-electron chi connectivity index (χ4n) is 4.94. The summed E-state index contributed by atoms with van der Waals surface area (Å²) < 4.78 is 0. The Bertz CT molecular complexity index is 1280. The zero-order valence-electron chi connectivity index (χ0n) is 21.3. The molecule has 0 bridgehead atoms. The molecule has 2 aliphatic rings. The van der Waals surface area contributed by atoms with E-state index >= 15 is 0 Å². The molecule has 8 nitrogen and oxygen atoms in total. The summed E-state index contributed by atoms with van der Waals surface area (Å²) >= 11 is 0. The minimum atomic E-state index is -0.714. The number of nitrogens with zero attached hydrogens (tertiary/aromatic N) is 1. The van der Waals surface area contributed by atoms with Crippen molar-refractivity contribution >= 4 is 29.4 Å². The molecule has 0 saturated carbocycles. The summed E-state index contributed by atoms with van der Waals surface area (Å²) in [5, 5.41) is 5.00. The molecule has 4 amide bonds. The van der Waals surface area contributed by atoms with Crippen molar-refractivity contribution in [2.24, 2.45) is 0 Å². The average molecular weight is 490 g/mol. The molecule has 2 N–H and O–H groups in total. The highest BCUT2D eigenvalue weighted by atomic mass is 16.2. The van der Waals surface area contributed by atoms with Gasteiger partial charge in [-0.25, -0.2) is 0 Å². The number of Topliss-reactive ketones (excluding diaryl/α,β-unsaturated/α-hetero) is 1. The highest BCUT2D eigenvalue weighted by Crippen LogP contribution is 2.30. The van der Waals surface area contributed by atoms with Crippen LogP contribution in [0.5, 0.6) is 0 Å². The van der Waals surface area contributed by atoms with Crippen molar-refractivity contribution in [1.82, 2.24) is 15.5 Å². The number of ketones is 1. The summed E-state index contributed by atoms with van der Waals surface area (Å²) in [7, 11) is 0.